The Balaban J connectivity index is 0.00000337. The molecule has 0 bridgehead atoms. The predicted octanol–water partition coefficient (Wildman–Crippen LogP) is 6.63. The highest BCUT2D eigenvalue weighted by atomic mass is 35.5. The molecule has 1 amide bonds. The van der Waals surface area contributed by atoms with Crippen molar-refractivity contribution in [3.63, 3.8) is 0 Å². The fourth-order valence-electron chi connectivity index (χ4n) is 4.96. The van der Waals surface area contributed by atoms with Gasteiger partial charge in [0.25, 0.3) is 5.91 Å². The number of aliphatic imine (C=N–C) groups is 1. The first-order valence-electron chi connectivity index (χ1n) is 12.5. The number of halogens is 4. The maximum Gasteiger partial charge on any atom is 0.255 e. The summed E-state index contributed by atoms with van der Waals surface area (Å²) in [7, 11) is 0. The van der Waals surface area contributed by atoms with E-state index in [1.807, 2.05) is 0 Å². The minimum atomic E-state index is -0.726. The van der Waals surface area contributed by atoms with Crippen molar-refractivity contribution in [1.82, 2.24) is 14.9 Å². The van der Waals surface area contributed by atoms with Crippen LogP contribution < -0.4 is 11.1 Å². The summed E-state index contributed by atoms with van der Waals surface area (Å²) in [5, 5.41) is 3.80. The number of carbonyl (C=O) groups excluding carboxylic acids is 1. The van der Waals surface area contributed by atoms with Crippen LogP contribution in [0.15, 0.2) is 65.8 Å². The number of hydrogen-bond donors (Lipinski definition) is 2. The van der Waals surface area contributed by atoms with Gasteiger partial charge in [-0.2, -0.15) is 0 Å². The van der Waals surface area contributed by atoms with Gasteiger partial charge in [0.1, 0.15) is 11.6 Å². The van der Waals surface area contributed by atoms with Crippen LogP contribution in [0.4, 0.5) is 20.4 Å². The molecule has 3 N–H and O–H groups in total. The zero-order chi connectivity index (χ0) is 28.0. The molecule has 41 heavy (non-hydrogen) atoms. The Morgan fingerprint density at radius 2 is 1.83 bits per heavy atom. The number of benzene rings is 3. The first kappa shape index (κ1) is 28.6. The molecule has 0 radical (unpaired) electrons. The zero-order valence-electron chi connectivity index (χ0n) is 21.0. The lowest BCUT2D eigenvalue weighted by molar-refractivity contribution is 0.0791. The number of aromatic nitrogens is 2. The molecule has 0 spiro atoms. The number of nitrogens with two attached hydrogens (primary N) is 1. The van der Waals surface area contributed by atoms with Gasteiger partial charge in [0.15, 0.2) is 0 Å². The van der Waals surface area contributed by atoms with Crippen molar-refractivity contribution in [2.45, 2.75) is 26.4 Å². The number of nitrogens with one attached hydrogen (secondary N) is 1. The second-order valence-electron chi connectivity index (χ2n) is 9.64. The van der Waals surface area contributed by atoms with Crippen molar-refractivity contribution in [3.8, 4) is 11.3 Å². The van der Waals surface area contributed by atoms with Gasteiger partial charge in [0, 0.05) is 52.7 Å². The Labute approximate surface area is 246 Å². The number of carbonyl (C=O) groups is 1. The molecule has 0 saturated carbocycles. The van der Waals surface area contributed by atoms with E-state index in [-0.39, 0.29) is 48.2 Å². The van der Waals surface area contributed by atoms with Crippen LogP contribution in [0.5, 0.6) is 0 Å². The van der Waals surface area contributed by atoms with Crippen molar-refractivity contribution in [3.05, 3.63) is 105 Å². The summed E-state index contributed by atoms with van der Waals surface area (Å²) in [5.74, 6) is -1.35. The molecule has 11 heteroatoms. The molecule has 210 valence electrons. The molecule has 0 aliphatic carbocycles. The molecule has 2 aliphatic rings. The van der Waals surface area contributed by atoms with Crippen molar-refractivity contribution in [2.24, 2.45) is 10.7 Å². The normalized spacial score (nSPS) is 15.8. The average molecular weight is 595 g/mol. The minimum absolute atomic E-state index is 0. The molecule has 4 aromatic rings. The highest BCUT2D eigenvalue weighted by Gasteiger charge is 2.27. The molecule has 1 aromatic heterocycles. The number of likely N-dealkylation sites (tertiary alicyclic amines) is 1. The summed E-state index contributed by atoms with van der Waals surface area (Å²) in [6, 6.07) is 13.7. The van der Waals surface area contributed by atoms with Gasteiger partial charge in [-0.1, -0.05) is 42.8 Å². The Hall–Kier alpha value is -3.92. The number of fused-ring (bicyclic) bond motifs is 3. The van der Waals surface area contributed by atoms with E-state index in [4.69, 9.17) is 33.9 Å². The van der Waals surface area contributed by atoms with Crippen LogP contribution in [0, 0.1) is 11.6 Å². The third-order valence-corrected chi connectivity index (χ3v) is 7.48. The van der Waals surface area contributed by atoms with Gasteiger partial charge in [-0.25, -0.2) is 18.7 Å². The van der Waals surface area contributed by atoms with Gasteiger partial charge in [-0.15, -0.1) is 0 Å². The largest absolute Gasteiger partial charge is 0.337 e. The summed E-state index contributed by atoms with van der Waals surface area (Å²) < 4.78 is 29.6. The maximum absolute atomic E-state index is 14.8. The molecule has 6 rings (SSSR count). The average Bonchev–Trinajstić information content (AvgIpc) is 3.30. The standard InChI is InChI=1S/C29H22Cl2F2N6O.CH4/c30-16-4-6-19-21(10-16)27(25-23(32)2-1-3-24(25)33)35-12-15-13-36-29(38-26(15)19)37-18-5-7-20(22(31)11-18)28(40)39-9-8-17(34)14-39;/h1-7,10-11,13,17H,8-9,12,14,34H2,(H,36,37,38);1H4. The van der Waals surface area contributed by atoms with Gasteiger partial charge in [-0.3, -0.25) is 9.79 Å². The van der Waals surface area contributed by atoms with E-state index in [1.54, 1.807) is 47.5 Å². The fourth-order valence-corrected chi connectivity index (χ4v) is 5.39. The van der Waals surface area contributed by atoms with E-state index in [1.165, 1.54) is 18.2 Å². The van der Waals surface area contributed by atoms with Crippen molar-refractivity contribution in [1.29, 1.82) is 0 Å². The molecular weight excluding hydrogens is 569 g/mol. The van der Waals surface area contributed by atoms with E-state index in [0.29, 0.717) is 51.7 Å². The summed E-state index contributed by atoms with van der Waals surface area (Å²) in [5.41, 5.74) is 9.09. The Morgan fingerprint density at radius 3 is 2.54 bits per heavy atom. The predicted molar refractivity (Wildman–Crippen MR) is 158 cm³/mol. The maximum atomic E-state index is 14.8. The van der Waals surface area contributed by atoms with Gasteiger partial charge in [0.05, 0.1) is 34.1 Å². The monoisotopic (exact) mass is 594 g/mol. The Bertz CT molecular complexity index is 1680. The topological polar surface area (TPSA) is 96.5 Å². The van der Waals surface area contributed by atoms with E-state index in [0.717, 1.165) is 6.42 Å². The summed E-state index contributed by atoms with van der Waals surface area (Å²) >= 11 is 12.8. The lowest BCUT2D eigenvalue weighted by Crippen LogP contribution is -2.32. The van der Waals surface area contributed by atoms with Crippen LogP contribution in [-0.2, 0) is 6.54 Å². The molecule has 1 saturated heterocycles. The van der Waals surface area contributed by atoms with Crippen molar-refractivity contribution in [2.75, 3.05) is 18.4 Å². The quantitative estimate of drug-likeness (QED) is 0.276. The van der Waals surface area contributed by atoms with Gasteiger partial charge < -0.3 is 16.0 Å². The van der Waals surface area contributed by atoms with Gasteiger partial charge >= 0.3 is 0 Å². The van der Waals surface area contributed by atoms with Crippen LogP contribution in [0.2, 0.25) is 10.0 Å². The second-order valence-corrected chi connectivity index (χ2v) is 10.5. The Kier molecular flexibility index (Phi) is 8.04. The number of anilines is 2. The van der Waals surface area contributed by atoms with E-state index in [2.05, 4.69) is 15.3 Å². The van der Waals surface area contributed by atoms with Crippen LogP contribution in [0.25, 0.3) is 11.3 Å². The smallest absolute Gasteiger partial charge is 0.255 e. The Morgan fingerprint density at radius 1 is 1.05 bits per heavy atom. The molecular formula is C30H26Cl2F2N6O. The number of hydrogen-bond acceptors (Lipinski definition) is 6. The number of amides is 1. The van der Waals surface area contributed by atoms with Crippen LogP contribution in [-0.4, -0.2) is 45.6 Å². The third-order valence-electron chi connectivity index (χ3n) is 6.93. The molecule has 7 nitrogen and oxygen atoms in total. The molecule has 3 heterocycles. The second kappa shape index (κ2) is 11.5. The highest BCUT2D eigenvalue weighted by Crippen LogP contribution is 2.35. The van der Waals surface area contributed by atoms with Gasteiger partial charge in [0.2, 0.25) is 5.95 Å². The number of rotatable bonds is 4. The lowest BCUT2D eigenvalue weighted by atomic mass is 9.95. The summed E-state index contributed by atoms with van der Waals surface area (Å²) in [4.78, 5) is 28.2. The summed E-state index contributed by atoms with van der Waals surface area (Å²) in [6.07, 6.45) is 2.37. The zero-order valence-corrected chi connectivity index (χ0v) is 22.5. The number of nitrogens with zero attached hydrogens (tertiary/aromatic N) is 4. The van der Waals surface area contributed by atoms with Crippen molar-refractivity contribution < 1.29 is 13.6 Å². The van der Waals surface area contributed by atoms with Gasteiger partial charge in [-0.05, 0) is 48.9 Å². The van der Waals surface area contributed by atoms with Crippen LogP contribution in [0.3, 0.4) is 0 Å². The minimum Gasteiger partial charge on any atom is -0.337 e. The summed E-state index contributed by atoms with van der Waals surface area (Å²) in [6.45, 7) is 1.20. The SMILES string of the molecule is C.NC1CCN(C(=O)c2ccc(Nc3ncc4c(n3)-c3ccc(Cl)cc3C(c3c(F)cccc3F)=NC4)cc2Cl)C1. The first-order valence-corrected chi connectivity index (χ1v) is 13.3. The molecule has 1 unspecified atom stereocenters. The van der Waals surface area contributed by atoms with Crippen molar-refractivity contribution >= 4 is 46.5 Å². The fraction of sp³-hybridized carbons (Fsp3) is 0.200. The van der Waals surface area contributed by atoms with E-state index < -0.39 is 11.6 Å². The highest BCUT2D eigenvalue weighted by molar-refractivity contribution is 6.34. The molecule has 1 atom stereocenters. The molecule has 1 fully saturated rings. The van der Waals surface area contributed by atoms with E-state index in [9.17, 15) is 13.6 Å². The van der Waals surface area contributed by atoms with E-state index >= 15 is 0 Å². The third kappa shape index (κ3) is 5.53. The first-order chi connectivity index (χ1) is 19.3. The lowest BCUT2D eigenvalue weighted by Gasteiger charge is -2.17. The molecule has 2 aliphatic heterocycles. The molecule has 3 aromatic carbocycles. The van der Waals surface area contributed by atoms with Crippen LogP contribution in [0.1, 0.15) is 40.9 Å². The van der Waals surface area contributed by atoms with Crippen LogP contribution >= 0.6 is 23.2 Å².